The summed E-state index contributed by atoms with van der Waals surface area (Å²) in [5.41, 5.74) is 8.85. The first-order valence-corrected chi connectivity index (χ1v) is 9.32. The highest BCUT2D eigenvalue weighted by molar-refractivity contribution is 5.68. The average Bonchev–Trinajstić information content (AvgIpc) is 2.72. The molecule has 2 atom stereocenters. The first kappa shape index (κ1) is 19.6. The van der Waals surface area contributed by atoms with Crippen molar-refractivity contribution in [1.29, 1.82) is 0 Å². The van der Waals surface area contributed by atoms with Crippen molar-refractivity contribution in [2.24, 2.45) is 0 Å². The van der Waals surface area contributed by atoms with Gasteiger partial charge in [0.15, 0.2) is 0 Å². The number of aromatic nitrogens is 1. The third-order valence-electron chi connectivity index (χ3n) is 4.95. The molecule has 1 heterocycles. The second-order valence-electron chi connectivity index (χ2n) is 6.87. The number of hydrogen-bond acceptors (Lipinski definition) is 4. The monoisotopic (exact) mass is 375 g/mol. The SMILES string of the molecule is C[C@H](c1ccccc1)N(Cc1ccccc1)[C@@H](CC(=O)O)c1ccc(N)nc1. The summed E-state index contributed by atoms with van der Waals surface area (Å²) in [6.45, 7) is 2.73. The fourth-order valence-corrected chi connectivity index (χ4v) is 3.44. The zero-order valence-electron chi connectivity index (χ0n) is 15.9. The van der Waals surface area contributed by atoms with Crippen LogP contribution in [-0.2, 0) is 11.3 Å². The Kier molecular flexibility index (Phi) is 6.40. The Morgan fingerprint density at radius 3 is 2.21 bits per heavy atom. The van der Waals surface area contributed by atoms with E-state index < -0.39 is 5.97 Å². The largest absolute Gasteiger partial charge is 0.481 e. The van der Waals surface area contributed by atoms with E-state index in [-0.39, 0.29) is 18.5 Å². The molecule has 0 saturated carbocycles. The quantitative estimate of drug-likeness (QED) is 0.608. The van der Waals surface area contributed by atoms with Gasteiger partial charge in [-0.1, -0.05) is 66.7 Å². The van der Waals surface area contributed by atoms with Crippen LogP contribution in [0.5, 0.6) is 0 Å². The van der Waals surface area contributed by atoms with E-state index in [1.54, 1.807) is 12.3 Å². The Bertz CT molecular complexity index is 883. The van der Waals surface area contributed by atoms with Crippen LogP contribution in [0.2, 0.25) is 0 Å². The van der Waals surface area contributed by atoms with E-state index in [1.165, 1.54) is 0 Å². The number of carboxylic acids is 1. The molecule has 0 radical (unpaired) electrons. The van der Waals surface area contributed by atoms with Gasteiger partial charge in [0.1, 0.15) is 5.82 Å². The summed E-state index contributed by atoms with van der Waals surface area (Å²) in [4.78, 5) is 18.1. The Morgan fingerprint density at radius 1 is 1.00 bits per heavy atom. The van der Waals surface area contributed by atoms with Crippen LogP contribution >= 0.6 is 0 Å². The molecule has 3 rings (SSSR count). The third kappa shape index (κ3) is 4.96. The fourth-order valence-electron chi connectivity index (χ4n) is 3.44. The minimum absolute atomic E-state index is 0.0170. The van der Waals surface area contributed by atoms with Gasteiger partial charge in [-0.3, -0.25) is 9.69 Å². The molecule has 0 fully saturated rings. The number of hydrogen-bond donors (Lipinski definition) is 2. The summed E-state index contributed by atoms with van der Waals surface area (Å²) < 4.78 is 0. The molecule has 0 aliphatic rings. The minimum Gasteiger partial charge on any atom is -0.481 e. The maximum Gasteiger partial charge on any atom is 0.305 e. The Hall–Kier alpha value is -3.18. The van der Waals surface area contributed by atoms with Gasteiger partial charge in [-0.05, 0) is 29.7 Å². The zero-order valence-corrected chi connectivity index (χ0v) is 15.9. The summed E-state index contributed by atoms with van der Waals surface area (Å²) >= 11 is 0. The van der Waals surface area contributed by atoms with Crippen molar-refractivity contribution in [3.8, 4) is 0 Å². The van der Waals surface area contributed by atoms with E-state index >= 15 is 0 Å². The lowest BCUT2D eigenvalue weighted by atomic mass is 9.97. The van der Waals surface area contributed by atoms with Gasteiger partial charge in [-0.25, -0.2) is 4.98 Å². The average molecular weight is 375 g/mol. The topological polar surface area (TPSA) is 79.5 Å². The molecule has 0 aliphatic heterocycles. The molecule has 2 aromatic carbocycles. The van der Waals surface area contributed by atoms with E-state index in [2.05, 4.69) is 41.1 Å². The first-order chi connectivity index (χ1) is 13.5. The van der Waals surface area contributed by atoms with Crippen LogP contribution in [0.4, 0.5) is 5.82 Å². The summed E-state index contributed by atoms with van der Waals surface area (Å²) in [7, 11) is 0. The van der Waals surface area contributed by atoms with Crippen LogP contribution in [0.3, 0.4) is 0 Å². The maximum absolute atomic E-state index is 11.7. The van der Waals surface area contributed by atoms with E-state index in [1.807, 2.05) is 42.5 Å². The number of nitrogens with two attached hydrogens (primary N) is 1. The van der Waals surface area contributed by atoms with Crippen molar-refractivity contribution >= 4 is 11.8 Å². The summed E-state index contributed by atoms with van der Waals surface area (Å²) in [5, 5.41) is 9.60. The van der Waals surface area contributed by atoms with Crippen molar-refractivity contribution < 1.29 is 9.90 Å². The Labute approximate surface area is 165 Å². The van der Waals surface area contributed by atoms with Crippen LogP contribution < -0.4 is 5.73 Å². The molecule has 5 heteroatoms. The minimum atomic E-state index is -0.847. The highest BCUT2D eigenvalue weighted by Crippen LogP contribution is 2.34. The lowest BCUT2D eigenvalue weighted by Crippen LogP contribution is -2.33. The van der Waals surface area contributed by atoms with Crippen LogP contribution in [0.15, 0.2) is 79.0 Å². The molecule has 0 aliphatic carbocycles. The summed E-state index contributed by atoms with van der Waals surface area (Å²) in [6.07, 6.45) is 1.66. The van der Waals surface area contributed by atoms with Crippen LogP contribution in [0.25, 0.3) is 0 Å². The maximum atomic E-state index is 11.7. The van der Waals surface area contributed by atoms with E-state index in [9.17, 15) is 9.90 Å². The number of nitrogens with zero attached hydrogens (tertiary/aromatic N) is 2. The molecular weight excluding hydrogens is 350 g/mol. The van der Waals surface area contributed by atoms with Gasteiger partial charge in [0.05, 0.1) is 6.42 Å². The van der Waals surface area contributed by atoms with Gasteiger partial charge in [-0.2, -0.15) is 0 Å². The summed E-state index contributed by atoms with van der Waals surface area (Å²) in [5.74, 6) is -0.427. The number of nitrogen functional groups attached to an aromatic ring is 1. The zero-order chi connectivity index (χ0) is 19.9. The molecule has 1 aromatic heterocycles. The fraction of sp³-hybridized carbons (Fsp3) is 0.217. The van der Waals surface area contributed by atoms with Crippen molar-refractivity contribution in [3.63, 3.8) is 0 Å². The van der Waals surface area contributed by atoms with E-state index in [0.29, 0.717) is 12.4 Å². The Balaban J connectivity index is 2.02. The van der Waals surface area contributed by atoms with Crippen LogP contribution in [0, 0.1) is 0 Å². The second-order valence-corrected chi connectivity index (χ2v) is 6.87. The highest BCUT2D eigenvalue weighted by atomic mass is 16.4. The first-order valence-electron chi connectivity index (χ1n) is 9.32. The van der Waals surface area contributed by atoms with Crippen molar-refractivity contribution in [1.82, 2.24) is 9.88 Å². The lowest BCUT2D eigenvalue weighted by Gasteiger charge is -2.36. The van der Waals surface area contributed by atoms with E-state index in [4.69, 9.17) is 5.73 Å². The Morgan fingerprint density at radius 2 is 1.64 bits per heavy atom. The molecule has 0 bridgehead atoms. The molecule has 0 saturated heterocycles. The summed E-state index contributed by atoms with van der Waals surface area (Å²) in [6, 6.07) is 23.5. The predicted octanol–water partition coefficient (Wildman–Crippen LogP) is 4.44. The molecule has 5 nitrogen and oxygen atoms in total. The van der Waals surface area contributed by atoms with Gasteiger partial charge >= 0.3 is 5.97 Å². The van der Waals surface area contributed by atoms with Gasteiger partial charge in [0.2, 0.25) is 0 Å². The predicted molar refractivity (Wildman–Crippen MR) is 110 cm³/mol. The molecular formula is C23H25N3O2. The molecule has 28 heavy (non-hydrogen) atoms. The molecule has 3 aromatic rings. The number of rotatable bonds is 8. The molecule has 0 amide bonds. The standard InChI is InChI=1S/C23H25N3O2/c1-17(19-10-6-3-7-11-19)26(16-18-8-4-2-5-9-18)21(14-23(27)28)20-12-13-22(24)25-15-20/h2-13,15,17,21H,14,16H2,1H3,(H2,24,25)(H,27,28)/t17-,21+/m1/s1. The van der Waals surface area contributed by atoms with Crippen molar-refractivity contribution in [3.05, 3.63) is 95.7 Å². The van der Waals surface area contributed by atoms with Crippen molar-refractivity contribution in [2.45, 2.75) is 32.0 Å². The number of carboxylic acid groups (broad SMARTS) is 1. The van der Waals surface area contributed by atoms with Gasteiger partial charge in [0.25, 0.3) is 0 Å². The lowest BCUT2D eigenvalue weighted by molar-refractivity contribution is -0.138. The van der Waals surface area contributed by atoms with Crippen LogP contribution in [-0.4, -0.2) is 21.0 Å². The highest BCUT2D eigenvalue weighted by Gasteiger charge is 2.28. The van der Waals surface area contributed by atoms with Gasteiger partial charge in [0, 0.05) is 24.8 Å². The molecule has 0 unspecified atom stereocenters. The second kappa shape index (κ2) is 9.15. The normalized spacial score (nSPS) is 13.2. The molecule has 144 valence electrons. The van der Waals surface area contributed by atoms with E-state index in [0.717, 1.165) is 16.7 Å². The number of carbonyl (C=O) groups is 1. The van der Waals surface area contributed by atoms with Gasteiger partial charge in [-0.15, -0.1) is 0 Å². The number of pyridine rings is 1. The number of aliphatic carboxylic acids is 1. The van der Waals surface area contributed by atoms with Crippen LogP contribution in [0.1, 0.15) is 42.1 Å². The third-order valence-corrected chi connectivity index (χ3v) is 4.95. The number of benzene rings is 2. The molecule has 3 N–H and O–H groups in total. The number of anilines is 1. The van der Waals surface area contributed by atoms with Gasteiger partial charge < -0.3 is 10.8 Å². The smallest absolute Gasteiger partial charge is 0.305 e. The molecule has 0 spiro atoms. The van der Waals surface area contributed by atoms with Crippen molar-refractivity contribution in [2.75, 3.05) is 5.73 Å².